The molecule has 100 heavy (non-hydrogen) atoms. The molecule has 0 radical (unpaired) electrons. The largest absolute Gasteiger partial charge is 0.508 e. The number of Topliss-reactive ketones (excluding diaryl/α,β-unsaturated/α-hetero) is 2. The van der Waals surface area contributed by atoms with E-state index in [1.807, 2.05) is 24.3 Å². The first kappa shape index (κ1) is 75.5. The molecule has 0 spiro atoms. The highest BCUT2D eigenvalue weighted by atomic mass is 32.2. The maximum atomic E-state index is 15.2. The van der Waals surface area contributed by atoms with Crippen LogP contribution in [0.25, 0.3) is 21.8 Å². The summed E-state index contributed by atoms with van der Waals surface area (Å²) < 4.78 is 75.5. The second-order valence-electron chi connectivity index (χ2n) is 25.7. The minimum absolute atomic E-state index is 0.0186. The fourth-order valence-corrected chi connectivity index (χ4v) is 15.0. The number of hydrogen-bond acceptors (Lipinski definition) is 16. The average Bonchev–Trinajstić information content (AvgIpc) is 1.62. The fourth-order valence-electron chi connectivity index (χ4n) is 13.0. The molecule has 3 aliphatic rings. The molecule has 3 aliphatic heterocycles. The van der Waals surface area contributed by atoms with Gasteiger partial charge in [-0.2, -0.15) is 36.7 Å². The molecule has 13 N–H and O–H groups in total. The summed E-state index contributed by atoms with van der Waals surface area (Å²) in [5.41, 5.74) is 15.0. The number of ketones is 2. The Morgan fingerprint density at radius 2 is 1.33 bits per heavy atom. The summed E-state index contributed by atoms with van der Waals surface area (Å²) in [7, 11) is 0. The number of carbonyl (C=O) groups is 10. The van der Waals surface area contributed by atoms with E-state index in [-0.39, 0.29) is 72.1 Å². The first-order valence-corrected chi connectivity index (χ1v) is 35.5. The number of unbranched alkanes of at least 4 members (excludes halogenated alkanes) is 1. The molecule has 30 heteroatoms. The van der Waals surface area contributed by atoms with Gasteiger partial charge in [0.25, 0.3) is 0 Å². The number of H-pyrrole nitrogens is 2. The van der Waals surface area contributed by atoms with Crippen molar-refractivity contribution >= 4 is 104 Å². The van der Waals surface area contributed by atoms with Crippen molar-refractivity contribution in [2.45, 2.75) is 156 Å². The molecule has 2 bridgehead atoms. The molecule has 2 fully saturated rings. The maximum Gasteiger partial charge on any atom is 0.393 e. The summed E-state index contributed by atoms with van der Waals surface area (Å²) >= 11 is 2.83. The molecule has 5 heterocycles. The summed E-state index contributed by atoms with van der Waals surface area (Å²) in [4.78, 5) is 152. The van der Waals surface area contributed by atoms with E-state index in [4.69, 9.17) is 11.5 Å². The number of aromatic nitrogens is 2. The smallest absolute Gasteiger partial charge is 0.393 e. The number of fused-ring (bicyclic) bond motifs is 6. The predicted molar refractivity (Wildman–Crippen MR) is 364 cm³/mol. The third kappa shape index (κ3) is 20.1. The molecule has 8 amide bonds. The first-order chi connectivity index (χ1) is 47.7. The SMILES string of the molecule is C[C@H](O)[C@@H]1NC(=O)[C@@H]2C[C@H](C(F)(F)F)CN2[C@@H](Cc2c[nH]c3ccc(F)cc23)C(=O)NC(=O)[C@H](Cc2c[nH]c3ccc(F)cc23)NC(=O)CCC(=O)[C@H](CCCCN)NC(=O)CCSCc2cccc(c2)CSC[C@@H](C(N)=O)CC(=O)[C@@H]2CCCN2C(=O)[C@H](Cc2ccc(O)cc2)NC1=O. The Kier molecular flexibility index (Phi) is 26.1. The molecule has 0 unspecified atom stereocenters. The molecule has 0 saturated carbocycles. The average molecular weight is 1430 g/mol. The number of thioether (sulfide) groups is 2. The van der Waals surface area contributed by atoms with Crippen LogP contribution in [0.1, 0.15) is 98.9 Å². The zero-order valence-electron chi connectivity index (χ0n) is 54.9. The van der Waals surface area contributed by atoms with Gasteiger partial charge in [-0.25, -0.2) is 8.78 Å². The number of aliphatic hydroxyl groups is 1. The van der Waals surface area contributed by atoms with Crippen LogP contribution in [0.15, 0.2) is 97.3 Å². The topological polar surface area (TPSA) is 361 Å². The number of alkyl halides is 3. The van der Waals surface area contributed by atoms with Crippen LogP contribution in [-0.2, 0) is 78.7 Å². The summed E-state index contributed by atoms with van der Waals surface area (Å²) in [5.74, 6) is -12.4. The molecule has 6 aromatic rings. The summed E-state index contributed by atoms with van der Waals surface area (Å²) in [5, 5.41) is 34.5. The van der Waals surface area contributed by atoms with Gasteiger partial charge in [0.2, 0.25) is 47.3 Å². The molecule has 2 saturated heterocycles. The Hall–Kier alpha value is -8.71. The van der Waals surface area contributed by atoms with Gasteiger partial charge in [-0.3, -0.25) is 58.2 Å². The van der Waals surface area contributed by atoms with Crippen molar-refractivity contribution in [3.63, 3.8) is 0 Å². The number of nitrogens with one attached hydrogen (secondary N) is 7. The number of aliphatic hydroxyl groups excluding tert-OH is 1. The van der Waals surface area contributed by atoms with E-state index in [9.17, 15) is 57.8 Å². The van der Waals surface area contributed by atoms with Crippen molar-refractivity contribution in [1.82, 2.24) is 46.4 Å². The van der Waals surface area contributed by atoms with Gasteiger partial charge >= 0.3 is 6.18 Å². The highest BCUT2D eigenvalue weighted by Crippen LogP contribution is 2.39. The third-order valence-electron chi connectivity index (χ3n) is 18.4. The van der Waals surface area contributed by atoms with Gasteiger partial charge in [0.05, 0.1) is 42.1 Å². The molecule has 23 nitrogen and oxygen atoms in total. The number of rotatable bonds is 12. The normalized spacial score (nSPS) is 24.4. The summed E-state index contributed by atoms with van der Waals surface area (Å²) in [6, 6.07) is 9.15. The molecule has 4 aromatic carbocycles. The van der Waals surface area contributed by atoms with E-state index in [1.165, 1.54) is 83.3 Å². The van der Waals surface area contributed by atoms with Crippen LogP contribution in [-0.4, -0.2) is 175 Å². The van der Waals surface area contributed by atoms with Crippen molar-refractivity contribution in [3.8, 4) is 5.75 Å². The predicted octanol–water partition coefficient (Wildman–Crippen LogP) is 5.35. The van der Waals surface area contributed by atoms with Gasteiger partial charge < -0.3 is 57.8 Å². The molecule has 0 aliphatic carbocycles. The Morgan fingerprint density at radius 1 is 0.690 bits per heavy atom. The minimum atomic E-state index is -5.05. The van der Waals surface area contributed by atoms with Crippen LogP contribution in [0.2, 0.25) is 0 Å². The number of primary amides is 1. The summed E-state index contributed by atoms with van der Waals surface area (Å²) in [6.07, 6.45) is -6.19. The van der Waals surface area contributed by atoms with E-state index in [2.05, 4.69) is 36.6 Å². The number of phenolic OH excluding ortho intramolecular Hbond substituents is 1. The van der Waals surface area contributed by atoms with E-state index < -0.39 is 176 Å². The molecule has 2 aromatic heterocycles. The number of carbonyl (C=O) groups excluding carboxylic acids is 10. The van der Waals surface area contributed by atoms with Crippen molar-refractivity contribution in [2.24, 2.45) is 23.3 Å². The Morgan fingerprint density at radius 3 is 1.97 bits per heavy atom. The van der Waals surface area contributed by atoms with E-state index >= 15 is 22.4 Å². The van der Waals surface area contributed by atoms with E-state index in [1.54, 1.807) is 0 Å². The lowest BCUT2D eigenvalue weighted by molar-refractivity contribution is -0.171. The van der Waals surface area contributed by atoms with Gasteiger partial charge in [-0.1, -0.05) is 36.4 Å². The van der Waals surface area contributed by atoms with Crippen LogP contribution in [0.4, 0.5) is 22.0 Å². The van der Waals surface area contributed by atoms with Crippen LogP contribution in [0.3, 0.4) is 0 Å². The van der Waals surface area contributed by atoms with Crippen molar-refractivity contribution in [2.75, 3.05) is 31.1 Å². The van der Waals surface area contributed by atoms with E-state index in [0.717, 1.165) is 41.1 Å². The number of nitrogens with zero attached hydrogens (tertiary/aromatic N) is 2. The highest BCUT2D eigenvalue weighted by Gasteiger charge is 2.53. The third-order valence-corrected chi connectivity index (χ3v) is 20.6. The van der Waals surface area contributed by atoms with E-state index in [0.29, 0.717) is 59.7 Å². The number of phenols is 1. The standard InChI is InChI=1S/C70H82F5N11O12S2/c1-38(87)63-68(97)82-55(25-39-10-14-48(88)15-11-39)69(98)85-22-5-9-56(85)60(90)28-44(64(77)93)37-100-36-41-7-4-6-40(24-41)35-99-23-20-62(92)80-53(8-2-3-21-76)59(89)18-19-61(91)81-54(26-42-32-78-51-16-12-46(71)30-49(42)51)65(94)84-67(96)57(27-43-33-79-52-17-13-47(72)31-50(43)52)86-34-45(70(73,74)75)29-58(86)66(95)83-63/h4,6-7,10-17,24,30-33,38,44-45,53-58,63,78-79,87-88H,2-3,5,8-9,18-23,25-29,34-37,76H2,1H3,(H2,77,93)(H,80,92)(H,81,91)(H,82,97)(H,83,95)(H,84,94,96)/t38-,44-,45-,53-,54-,55-,56-,57-,58-,63-/m0/s1. The number of benzene rings is 4. The number of hydrogen-bond donors (Lipinski definition) is 11. The lowest BCUT2D eigenvalue weighted by Crippen LogP contribution is -2.61. The van der Waals surface area contributed by atoms with Gasteiger partial charge in [0.1, 0.15) is 35.5 Å². The number of imide groups is 1. The number of amides is 8. The zero-order valence-corrected chi connectivity index (χ0v) is 56.5. The lowest BCUT2D eigenvalue weighted by Gasteiger charge is -2.33. The van der Waals surface area contributed by atoms with Crippen LogP contribution >= 0.6 is 23.5 Å². The van der Waals surface area contributed by atoms with Crippen molar-refractivity contribution in [1.29, 1.82) is 0 Å². The van der Waals surface area contributed by atoms with Gasteiger partial charge in [-0.05, 0) is 135 Å². The second-order valence-corrected chi connectivity index (χ2v) is 27.9. The van der Waals surface area contributed by atoms with Crippen LogP contribution < -0.4 is 38.1 Å². The second kappa shape index (κ2) is 34.6. The fraction of sp³-hybridized carbons (Fsp3) is 0.457. The number of halogens is 5. The Balaban J connectivity index is 1.06. The summed E-state index contributed by atoms with van der Waals surface area (Å²) in [6.45, 7) is 0.327. The molecule has 9 rings (SSSR count). The maximum absolute atomic E-state index is 15.2. The number of nitrogens with two attached hydrogens (primary N) is 2. The Labute approximate surface area is 581 Å². The van der Waals surface area contributed by atoms with Crippen molar-refractivity contribution in [3.05, 3.63) is 137 Å². The number of aromatic amines is 2. The first-order valence-electron chi connectivity index (χ1n) is 33.2. The van der Waals surface area contributed by atoms with Gasteiger partial charge in [0, 0.05) is 109 Å². The minimum Gasteiger partial charge on any atom is -0.508 e. The quantitative estimate of drug-likeness (QED) is 0.0418. The molecular formula is C70H82F5N11O12S2. The number of aromatic hydroxyl groups is 1. The molecule has 536 valence electrons. The van der Waals surface area contributed by atoms with Gasteiger partial charge in [-0.15, -0.1) is 0 Å². The van der Waals surface area contributed by atoms with Crippen molar-refractivity contribution < 1.29 is 80.1 Å². The highest BCUT2D eigenvalue weighted by molar-refractivity contribution is 7.98. The molecule has 10 atom stereocenters. The molecular weight excluding hydrogens is 1350 g/mol. The zero-order chi connectivity index (χ0) is 71.9. The lowest BCUT2D eigenvalue weighted by atomic mass is 9.97. The van der Waals surface area contributed by atoms with Crippen LogP contribution in [0.5, 0.6) is 5.75 Å². The Bertz CT molecular complexity index is 3970. The van der Waals surface area contributed by atoms with Gasteiger partial charge in [0.15, 0.2) is 11.6 Å². The monoisotopic (exact) mass is 1430 g/mol. The van der Waals surface area contributed by atoms with Crippen LogP contribution in [0, 0.1) is 23.5 Å².